The molecular formula is C20H24F3NO. The molecular weight excluding hydrogens is 327 g/mol. The van der Waals surface area contributed by atoms with Gasteiger partial charge in [0.2, 0.25) is 5.91 Å². The first-order valence-electron chi connectivity index (χ1n) is 9.08. The van der Waals surface area contributed by atoms with Crippen molar-refractivity contribution in [3.05, 3.63) is 41.5 Å². The first-order chi connectivity index (χ1) is 11.9. The number of hydrogen-bond donors (Lipinski definition) is 0. The highest BCUT2D eigenvalue weighted by Gasteiger charge is 2.31. The van der Waals surface area contributed by atoms with E-state index in [2.05, 4.69) is 0 Å². The Morgan fingerprint density at radius 2 is 1.92 bits per heavy atom. The van der Waals surface area contributed by atoms with Crippen molar-refractivity contribution < 1.29 is 18.0 Å². The van der Waals surface area contributed by atoms with Gasteiger partial charge >= 0.3 is 6.18 Å². The monoisotopic (exact) mass is 351 g/mol. The molecule has 0 spiro atoms. The topological polar surface area (TPSA) is 20.3 Å². The van der Waals surface area contributed by atoms with E-state index in [1.54, 1.807) is 6.07 Å². The number of carbonyl (C=O) groups is 1. The number of halogens is 3. The molecule has 0 radical (unpaired) electrons. The average molecular weight is 351 g/mol. The van der Waals surface area contributed by atoms with Gasteiger partial charge in [-0.25, -0.2) is 0 Å². The molecule has 0 N–H and O–H groups in total. The minimum atomic E-state index is -4.33. The Morgan fingerprint density at radius 1 is 1.16 bits per heavy atom. The highest BCUT2D eigenvalue weighted by Crippen LogP contribution is 2.32. The second-order valence-electron chi connectivity index (χ2n) is 7.11. The first kappa shape index (κ1) is 18.0. The van der Waals surface area contributed by atoms with Crippen molar-refractivity contribution in [1.82, 2.24) is 4.90 Å². The Balaban J connectivity index is 1.61. The first-order valence-corrected chi connectivity index (χ1v) is 9.08. The Kier molecular flexibility index (Phi) is 5.50. The van der Waals surface area contributed by atoms with E-state index >= 15 is 0 Å². The maximum Gasteiger partial charge on any atom is 0.416 e. The number of rotatable bonds is 3. The van der Waals surface area contributed by atoms with Crippen molar-refractivity contribution in [1.29, 1.82) is 0 Å². The Labute approximate surface area is 146 Å². The quantitative estimate of drug-likeness (QED) is 0.724. The van der Waals surface area contributed by atoms with Crippen LogP contribution in [-0.4, -0.2) is 23.9 Å². The zero-order valence-electron chi connectivity index (χ0n) is 14.3. The molecule has 1 aromatic carbocycles. The van der Waals surface area contributed by atoms with E-state index in [0.29, 0.717) is 37.4 Å². The van der Waals surface area contributed by atoms with Crippen LogP contribution in [0.4, 0.5) is 13.2 Å². The van der Waals surface area contributed by atoms with Crippen molar-refractivity contribution in [2.45, 2.75) is 51.1 Å². The summed E-state index contributed by atoms with van der Waals surface area (Å²) >= 11 is 0. The molecule has 1 fully saturated rings. The normalized spacial score (nSPS) is 19.6. The maximum absolute atomic E-state index is 12.9. The number of nitrogens with zero attached hydrogens (tertiary/aromatic N) is 1. The SMILES string of the molecule is O=C(CC1CCCCC1)N1CC=C(c2cccc(C(F)(F)F)c2)CC1. The van der Waals surface area contributed by atoms with Crippen molar-refractivity contribution in [2.24, 2.45) is 5.92 Å². The van der Waals surface area contributed by atoms with Crippen LogP contribution in [0.5, 0.6) is 0 Å². The number of carbonyl (C=O) groups excluding carboxylic acids is 1. The molecule has 5 heteroatoms. The predicted octanol–water partition coefficient (Wildman–Crippen LogP) is 5.29. The van der Waals surface area contributed by atoms with Gasteiger partial charge in [-0.2, -0.15) is 13.2 Å². The van der Waals surface area contributed by atoms with Gasteiger partial charge in [0.05, 0.1) is 5.56 Å². The smallest absolute Gasteiger partial charge is 0.339 e. The third-order valence-electron chi connectivity index (χ3n) is 5.31. The van der Waals surface area contributed by atoms with Crippen LogP contribution in [0.15, 0.2) is 30.3 Å². The van der Waals surface area contributed by atoms with Crippen LogP contribution in [0.3, 0.4) is 0 Å². The van der Waals surface area contributed by atoms with Gasteiger partial charge in [-0.15, -0.1) is 0 Å². The van der Waals surface area contributed by atoms with E-state index in [0.717, 1.165) is 24.5 Å². The van der Waals surface area contributed by atoms with E-state index in [1.165, 1.54) is 31.4 Å². The summed E-state index contributed by atoms with van der Waals surface area (Å²) in [5, 5.41) is 0. The van der Waals surface area contributed by atoms with Crippen LogP contribution < -0.4 is 0 Å². The third-order valence-corrected chi connectivity index (χ3v) is 5.31. The molecule has 1 amide bonds. The number of hydrogen-bond acceptors (Lipinski definition) is 1. The van der Waals surface area contributed by atoms with Crippen LogP contribution in [0.1, 0.15) is 56.1 Å². The summed E-state index contributed by atoms with van der Waals surface area (Å²) in [4.78, 5) is 14.3. The maximum atomic E-state index is 12.9. The van der Waals surface area contributed by atoms with Gasteiger partial charge in [0, 0.05) is 19.5 Å². The summed E-state index contributed by atoms with van der Waals surface area (Å²) in [6.07, 6.45) is 4.80. The molecule has 1 heterocycles. The molecule has 25 heavy (non-hydrogen) atoms. The summed E-state index contributed by atoms with van der Waals surface area (Å²) in [6.45, 7) is 1.09. The van der Waals surface area contributed by atoms with Crippen molar-refractivity contribution >= 4 is 11.5 Å². The van der Waals surface area contributed by atoms with Crippen molar-refractivity contribution in [3.63, 3.8) is 0 Å². The fraction of sp³-hybridized carbons (Fsp3) is 0.550. The van der Waals surface area contributed by atoms with Gasteiger partial charge in [-0.1, -0.05) is 37.5 Å². The van der Waals surface area contributed by atoms with E-state index < -0.39 is 11.7 Å². The average Bonchev–Trinajstić information content (AvgIpc) is 2.62. The highest BCUT2D eigenvalue weighted by atomic mass is 19.4. The molecule has 0 atom stereocenters. The van der Waals surface area contributed by atoms with Crippen LogP contribution in [-0.2, 0) is 11.0 Å². The molecule has 0 bridgehead atoms. The molecule has 0 unspecified atom stereocenters. The fourth-order valence-electron chi connectivity index (χ4n) is 3.82. The predicted molar refractivity (Wildman–Crippen MR) is 91.8 cm³/mol. The summed E-state index contributed by atoms with van der Waals surface area (Å²) < 4.78 is 38.6. The molecule has 136 valence electrons. The van der Waals surface area contributed by atoms with Gasteiger partial charge in [-0.3, -0.25) is 4.79 Å². The van der Waals surface area contributed by atoms with Crippen molar-refractivity contribution in [3.8, 4) is 0 Å². The van der Waals surface area contributed by atoms with E-state index in [4.69, 9.17) is 0 Å². The summed E-state index contributed by atoms with van der Waals surface area (Å²) in [5.74, 6) is 0.696. The minimum absolute atomic E-state index is 0.186. The summed E-state index contributed by atoms with van der Waals surface area (Å²) in [7, 11) is 0. The largest absolute Gasteiger partial charge is 0.416 e. The zero-order valence-corrected chi connectivity index (χ0v) is 14.3. The zero-order chi connectivity index (χ0) is 17.9. The number of alkyl halides is 3. The summed E-state index contributed by atoms with van der Waals surface area (Å²) in [5.41, 5.74) is 0.878. The van der Waals surface area contributed by atoms with Crippen LogP contribution >= 0.6 is 0 Å². The molecule has 3 rings (SSSR count). The second kappa shape index (κ2) is 7.63. The molecule has 0 saturated heterocycles. The molecule has 1 aromatic rings. The molecule has 2 aliphatic rings. The Bertz CT molecular complexity index is 645. The molecule has 1 aliphatic carbocycles. The molecule has 2 nitrogen and oxygen atoms in total. The lowest BCUT2D eigenvalue weighted by Gasteiger charge is -2.29. The Hall–Kier alpha value is -1.78. The van der Waals surface area contributed by atoms with Gasteiger partial charge in [-0.05, 0) is 48.4 Å². The van der Waals surface area contributed by atoms with Crippen LogP contribution in [0, 0.1) is 5.92 Å². The summed E-state index contributed by atoms with van der Waals surface area (Å²) in [6, 6.07) is 5.44. The lowest BCUT2D eigenvalue weighted by atomic mass is 9.86. The van der Waals surface area contributed by atoms with Crippen LogP contribution in [0.2, 0.25) is 0 Å². The van der Waals surface area contributed by atoms with Gasteiger partial charge in [0.15, 0.2) is 0 Å². The van der Waals surface area contributed by atoms with E-state index in [1.807, 2.05) is 11.0 Å². The Morgan fingerprint density at radius 3 is 2.56 bits per heavy atom. The molecule has 0 aromatic heterocycles. The molecule has 1 saturated carbocycles. The third kappa shape index (κ3) is 4.65. The van der Waals surface area contributed by atoms with Gasteiger partial charge in [0.1, 0.15) is 0 Å². The van der Waals surface area contributed by atoms with Crippen LogP contribution in [0.25, 0.3) is 5.57 Å². The lowest BCUT2D eigenvalue weighted by Crippen LogP contribution is -2.35. The number of benzene rings is 1. The van der Waals surface area contributed by atoms with E-state index in [9.17, 15) is 18.0 Å². The highest BCUT2D eigenvalue weighted by molar-refractivity contribution is 5.78. The standard InChI is InChI=1S/C20H24F3NO/c21-20(22,23)18-8-4-7-17(14-18)16-9-11-24(12-10-16)19(25)13-15-5-2-1-3-6-15/h4,7-9,14-15H,1-3,5-6,10-13H2. The lowest BCUT2D eigenvalue weighted by molar-refractivity contribution is -0.137. The number of amides is 1. The van der Waals surface area contributed by atoms with E-state index in [-0.39, 0.29) is 5.91 Å². The van der Waals surface area contributed by atoms with Gasteiger partial charge < -0.3 is 4.90 Å². The minimum Gasteiger partial charge on any atom is -0.339 e. The van der Waals surface area contributed by atoms with Crippen molar-refractivity contribution in [2.75, 3.05) is 13.1 Å². The molecule has 1 aliphatic heterocycles. The fourth-order valence-corrected chi connectivity index (χ4v) is 3.82. The second-order valence-corrected chi connectivity index (χ2v) is 7.11. The van der Waals surface area contributed by atoms with Gasteiger partial charge in [0.25, 0.3) is 0 Å².